The van der Waals surface area contributed by atoms with E-state index in [9.17, 15) is 9.90 Å². The van der Waals surface area contributed by atoms with Crippen LogP contribution in [0.4, 0.5) is 5.69 Å². The van der Waals surface area contributed by atoms with Crippen LogP contribution in [0, 0.1) is 0 Å². The van der Waals surface area contributed by atoms with Gasteiger partial charge in [0.05, 0.1) is 24.5 Å². The molecule has 2 N–H and O–H groups in total. The minimum atomic E-state index is -0.127. The number of nitrogens with one attached hydrogen (secondary N) is 1. The SMILES string of the molecule is O=C1Nc2ccc(Br)cc2/C1=C(\c1cccc(O)c1)N1CCOCC1. The van der Waals surface area contributed by atoms with E-state index in [-0.39, 0.29) is 11.7 Å². The largest absolute Gasteiger partial charge is 0.508 e. The van der Waals surface area contributed by atoms with Crippen LogP contribution in [0.5, 0.6) is 5.75 Å². The summed E-state index contributed by atoms with van der Waals surface area (Å²) in [5.41, 5.74) is 3.94. The normalized spacial score (nSPS) is 18.8. The summed E-state index contributed by atoms with van der Waals surface area (Å²) in [6, 6.07) is 12.8. The molecule has 2 aliphatic rings. The molecule has 0 aromatic heterocycles. The third-order valence-electron chi connectivity index (χ3n) is 4.41. The molecule has 1 saturated heterocycles. The van der Waals surface area contributed by atoms with E-state index in [1.165, 1.54) is 0 Å². The van der Waals surface area contributed by atoms with Gasteiger partial charge in [-0.15, -0.1) is 0 Å². The molecule has 128 valence electrons. The molecule has 0 radical (unpaired) electrons. The minimum Gasteiger partial charge on any atom is -0.508 e. The third-order valence-corrected chi connectivity index (χ3v) is 4.90. The van der Waals surface area contributed by atoms with Crippen LogP contribution < -0.4 is 5.32 Å². The molecule has 0 spiro atoms. The third kappa shape index (κ3) is 3.03. The number of amides is 1. The van der Waals surface area contributed by atoms with Crippen LogP contribution in [-0.4, -0.2) is 42.2 Å². The first kappa shape index (κ1) is 16.2. The van der Waals surface area contributed by atoms with E-state index in [0.29, 0.717) is 31.9 Å². The van der Waals surface area contributed by atoms with Crippen molar-refractivity contribution in [1.29, 1.82) is 0 Å². The Labute approximate surface area is 154 Å². The second-order valence-electron chi connectivity index (χ2n) is 6.02. The Balaban J connectivity index is 1.95. The molecule has 5 nitrogen and oxygen atoms in total. The first-order valence-electron chi connectivity index (χ1n) is 8.11. The number of rotatable bonds is 2. The zero-order chi connectivity index (χ0) is 17.4. The van der Waals surface area contributed by atoms with Gasteiger partial charge < -0.3 is 20.1 Å². The predicted molar refractivity (Wildman–Crippen MR) is 100 cm³/mol. The first-order valence-corrected chi connectivity index (χ1v) is 8.90. The number of hydrogen-bond acceptors (Lipinski definition) is 4. The number of hydrogen-bond donors (Lipinski definition) is 2. The summed E-state index contributed by atoms with van der Waals surface area (Å²) in [4.78, 5) is 14.9. The second-order valence-corrected chi connectivity index (χ2v) is 6.93. The molecule has 2 aromatic rings. The summed E-state index contributed by atoms with van der Waals surface area (Å²) < 4.78 is 6.38. The molecule has 0 bridgehead atoms. The molecule has 0 unspecified atom stereocenters. The maximum absolute atomic E-state index is 12.8. The average molecular weight is 401 g/mol. The lowest BCUT2D eigenvalue weighted by molar-refractivity contribution is -0.110. The lowest BCUT2D eigenvalue weighted by atomic mass is 9.99. The Hall–Kier alpha value is -2.31. The molecule has 0 aliphatic carbocycles. The van der Waals surface area contributed by atoms with E-state index in [0.717, 1.165) is 27.0 Å². The molecule has 0 atom stereocenters. The smallest absolute Gasteiger partial charge is 0.258 e. The maximum atomic E-state index is 12.8. The van der Waals surface area contributed by atoms with Crippen LogP contribution in [0.1, 0.15) is 11.1 Å². The Morgan fingerprint density at radius 2 is 1.96 bits per heavy atom. The van der Waals surface area contributed by atoms with Gasteiger partial charge in [0.1, 0.15) is 5.75 Å². The highest BCUT2D eigenvalue weighted by Crippen LogP contribution is 2.40. The fraction of sp³-hybridized carbons (Fsp3) is 0.211. The molecule has 0 saturated carbocycles. The fourth-order valence-electron chi connectivity index (χ4n) is 3.30. The lowest BCUT2D eigenvalue weighted by Crippen LogP contribution is -2.35. The van der Waals surface area contributed by atoms with Gasteiger partial charge in [0.15, 0.2) is 0 Å². The molecular weight excluding hydrogens is 384 g/mol. The van der Waals surface area contributed by atoms with Gasteiger partial charge in [0.25, 0.3) is 5.91 Å². The van der Waals surface area contributed by atoms with Crippen molar-refractivity contribution in [3.05, 3.63) is 58.1 Å². The number of phenolic OH excluding ortho intramolecular Hbond substituents is 1. The van der Waals surface area contributed by atoms with Gasteiger partial charge in [-0.25, -0.2) is 0 Å². The summed E-state index contributed by atoms with van der Waals surface area (Å²) in [7, 11) is 0. The summed E-state index contributed by atoms with van der Waals surface area (Å²) in [5, 5.41) is 12.9. The van der Waals surface area contributed by atoms with Crippen LogP contribution in [-0.2, 0) is 9.53 Å². The van der Waals surface area contributed by atoms with Crippen molar-refractivity contribution in [3.63, 3.8) is 0 Å². The zero-order valence-corrected chi connectivity index (χ0v) is 15.0. The number of halogens is 1. The molecule has 2 aliphatic heterocycles. The standard InChI is InChI=1S/C19H17BrN2O3/c20-13-4-5-16-15(11-13)17(19(24)21-16)18(22-6-8-25-9-7-22)12-2-1-3-14(23)10-12/h1-5,10-11,23H,6-9H2,(H,21,24)/b18-17-. The molecule has 2 heterocycles. The number of fused-ring (bicyclic) bond motifs is 1. The molecule has 2 aromatic carbocycles. The summed E-state index contributed by atoms with van der Waals surface area (Å²) in [6.07, 6.45) is 0. The molecule has 6 heteroatoms. The van der Waals surface area contributed by atoms with Crippen molar-refractivity contribution in [2.24, 2.45) is 0 Å². The van der Waals surface area contributed by atoms with E-state index in [1.807, 2.05) is 24.3 Å². The van der Waals surface area contributed by atoms with E-state index in [2.05, 4.69) is 26.1 Å². The zero-order valence-electron chi connectivity index (χ0n) is 13.5. The highest BCUT2D eigenvalue weighted by atomic mass is 79.9. The van der Waals surface area contributed by atoms with Gasteiger partial charge in [-0.05, 0) is 30.3 Å². The second kappa shape index (κ2) is 6.54. The molecular formula is C19H17BrN2O3. The number of carbonyl (C=O) groups is 1. The van der Waals surface area contributed by atoms with Gasteiger partial charge >= 0.3 is 0 Å². The number of nitrogens with zero attached hydrogens (tertiary/aromatic N) is 1. The summed E-state index contributed by atoms with van der Waals surface area (Å²) >= 11 is 3.49. The van der Waals surface area contributed by atoms with E-state index < -0.39 is 0 Å². The van der Waals surface area contributed by atoms with Gasteiger partial charge in [-0.1, -0.05) is 28.1 Å². The van der Waals surface area contributed by atoms with Crippen LogP contribution in [0.3, 0.4) is 0 Å². The minimum absolute atomic E-state index is 0.127. The Morgan fingerprint density at radius 3 is 2.72 bits per heavy atom. The number of benzene rings is 2. The Kier molecular flexibility index (Phi) is 4.23. The maximum Gasteiger partial charge on any atom is 0.258 e. The van der Waals surface area contributed by atoms with E-state index in [1.54, 1.807) is 18.2 Å². The molecule has 1 amide bonds. The summed E-state index contributed by atoms with van der Waals surface area (Å²) in [6.45, 7) is 2.63. The van der Waals surface area contributed by atoms with Gasteiger partial charge in [-0.3, -0.25) is 4.79 Å². The number of phenols is 1. The highest BCUT2D eigenvalue weighted by molar-refractivity contribution is 9.10. The number of anilines is 1. The lowest BCUT2D eigenvalue weighted by Gasteiger charge is -2.32. The van der Waals surface area contributed by atoms with Crippen LogP contribution >= 0.6 is 15.9 Å². The molecule has 1 fully saturated rings. The van der Waals surface area contributed by atoms with Gasteiger partial charge in [0, 0.05) is 34.4 Å². The average Bonchev–Trinajstić information content (AvgIpc) is 2.92. The number of ether oxygens (including phenoxy) is 1. The van der Waals surface area contributed by atoms with E-state index >= 15 is 0 Å². The Bertz CT molecular complexity index is 873. The van der Waals surface area contributed by atoms with Crippen LogP contribution in [0.25, 0.3) is 11.3 Å². The van der Waals surface area contributed by atoms with Crippen molar-refractivity contribution < 1.29 is 14.6 Å². The van der Waals surface area contributed by atoms with Crippen LogP contribution in [0.2, 0.25) is 0 Å². The van der Waals surface area contributed by atoms with Crippen LogP contribution in [0.15, 0.2) is 46.9 Å². The topological polar surface area (TPSA) is 61.8 Å². The number of morpholine rings is 1. The van der Waals surface area contributed by atoms with Crippen molar-refractivity contribution in [2.45, 2.75) is 0 Å². The van der Waals surface area contributed by atoms with Crippen molar-refractivity contribution in [1.82, 2.24) is 4.90 Å². The number of aromatic hydroxyl groups is 1. The van der Waals surface area contributed by atoms with Crippen molar-refractivity contribution >= 4 is 38.8 Å². The van der Waals surface area contributed by atoms with E-state index in [4.69, 9.17) is 4.74 Å². The summed E-state index contributed by atoms with van der Waals surface area (Å²) in [5.74, 6) is 0.0506. The van der Waals surface area contributed by atoms with Crippen molar-refractivity contribution in [2.75, 3.05) is 31.6 Å². The van der Waals surface area contributed by atoms with Crippen molar-refractivity contribution in [3.8, 4) is 5.75 Å². The molecule has 4 rings (SSSR count). The predicted octanol–water partition coefficient (Wildman–Crippen LogP) is 3.31. The highest BCUT2D eigenvalue weighted by Gasteiger charge is 2.31. The molecule has 25 heavy (non-hydrogen) atoms. The monoisotopic (exact) mass is 400 g/mol. The first-order chi connectivity index (χ1) is 12.1. The Morgan fingerprint density at radius 1 is 1.16 bits per heavy atom. The quantitative estimate of drug-likeness (QED) is 0.759. The number of carbonyl (C=O) groups excluding carboxylic acids is 1. The van der Waals surface area contributed by atoms with Gasteiger partial charge in [0.2, 0.25) is 0 Å². The van der Waals surface area contributed by atoms with Gasteiger partial charge in [-0.2, -0.15) is 0 Å². The fourth-order valence-corrected chi connectivity index (χ4v) is 3.66.